The standard InChI is InChI=1S/C15H16N2O5/c1-10(17)11(7-16)12(18)8-22-15(19)9-21-14-6-4-3-5-13(14)20-2/h3-6H,8-9,17H2,1-2H3/b11-10+. The molecule has 2 N–H and O–H groups in total. The molecular weight excluding hydrogens is 288 g/mol. The highest BCUT2D eigenvalue weighted by Gasteiger charge is 2.15. The number of ketones is 1. The second kappa shape index (κ2) is 8.32. The molecule has 0 bridgehead atoms. The first-order chi connectivity index (χ1) is 10.5. The molecule has 0 heterocycles. The molecule has 0 saturated heterocycles. The van der Waals surface area contributed by atoms with Gasteiger partial charge in [-0.15, -0.1) is 0 Å². The molecule has 0 atom stereocenters. The molecule has 1 rings (SSSR count). The number of rotatable bonds is 7. The van der Waals surface area contributed by atoms with Gasteiger partial charge in [-0.05, 0) is 19.1 Å². The Bertz CT molecular complexity index is 627. The van der Waals surface area contributed by atoms with E-state index in [2.05, 4.69) is 0 Å². The van der Waals surface area contributed by atoms with Crippen molar-refractivity contribution in [1.29, 1.82) is 5.26 Å². The molecule has 0 aromatic heterocycles. The number of hydrogen-bond donors (Lipinski definition) is 1. The number of nitrogens with zero attached hydrogens (tertiary/aromatic N) is 1. The molecule has 0 unspecified atom stereocenters. The molecule has 0 amide bonds. The number of carbonyl (C=O) groups is 2. The third-order valence-corrected chi connectivity index (χ3v) is 2.56. The Labute approximate surface area is 127 Å². The summed E-state index contributed by atoms with van der Waals surface area (Å²) in [5.74, 6) is -0.553. The summed E-state index contributed by atoms with van der Waals surface area (Å²) < 4.78 is 15.0. The van der Waals surface area contributed by atoms with Gasteiger partial charge in [-0.1, -0.05) is 12.1 Å². The van der Waals surface area contributed by atoms with E-state index in [0.29, 0.717) is 11.5 Å². The average molecular weight is 304 g/mol. The van der Waals surface area contributed by atoms with Crippen LogP contribution < -0.4 is 15.2 Å². The van der Waals surface area contributed by atoms with E-state index in [1.807, 2.05) is 0 Å². The Balaban J connectivity index is 2.50. The van der Waals surface area contributed by atoms with Crippen LogP contribution in [-0.2, 0) is 14.3 Å². The van der Waals surface area contributed by atoms with Crippen LogP contribution in [0.25, 0.3) is 0 Å². The number of methoxy groups -OCH3 is 1. The molecule has 0 aliphatic carbocycles. The van der Waals surface area contributed by atoms with Crippen LogP contribution in [-0.4, -0.2) is 32.1 Å². The lowest BCUT2D eigenvalue weighted by molar-refractivity contribution is -0.149. The zero-order valence-corrected chi connectivity index (χ0v) is 12.3. The lowest BCUT2D eigenvalue weighted by Crippen LogP contribution is -2.21. The summed E-state index contributed by atoms with van der Waals surface area (Å²) in [5, 5.41) is 8.75. The van der Waals surface area contributed by atoms with Crippen molar-refractivity contribution in [2.75, 3.05) is 20.3 Å². The van der Waals surface area contributed by atoms with Crippen molar-refractivity contribution in [2.24, 2.45) is 5.73 Å². The van der Waals surface area contributed by atoms with Gasteiger partial charge in [0, 0.05) is 5.70 Å². The Kier molecular flexibility index (Phi) is 6.44. The number of Topliss-reactive ketones (excluding diaryl/α,β-unsaturated/α-hetero) is 1. The molecule has 0 radical (unpaired) electrons. The van der Waals surface area contributed by atoms with Gasteiger partial charge in [-0.25, -0.2) is 4.79 Å². The number of hydrogen-bond acceptors (Lipinski definition) is 7. The van der Waals surface area contributed by atoms with Crippen LogP contribution in [0, 0.1) is 11.3 Å². The minimum absolute atomic E-state index is 0.0776. The van der Waals surface area contributed by atoms with Crippen molar-refractivity contribution < 1.29 is 23.8 Å². The SMILES string of the molecule is COc1ccccc1OCC(=O)OCC(=O)/C(C#N)=C(\C)N. The van der Waals surface area contributed by atoms with E-state index in [9.17, 15) is 9.59 Å². The highest BCUT2D eigenvalue weighted by atomic mass is 16.6. The van der Waals surface area contributed by atoms with Crippen molar-refractivity contribution in [1.82, 2.24) is 0 Å². The number of nitriles is 1. The lowest BCUT2D eigenvalue weighted by Gasteiger charge is -2.09. The Morgan fingerprint density at radius 2 is 1.86 bits per heavy atom. The monoisotopic (exact) mass is 304 g/mol. The smallest absolute Gasteiger partial charge is 0.344 e. The molecule has 0 aliphatic rings. The minimum Gasteiger partial charge on any atom is -0.493 e. The fourth-order valence-electron chi connectivity index (χ4n) is 1.51. The van der Waals surface area contributed by atoms with Crippen LogP contribution in [0.1, 0.15) is 6.92 Å². The molecular formula is C15H16N2O5. The molecule has 0 saturated carbocycles. The second-order valence-corrected chi connectivity index (χ2v) is 4.19. The number of benzene rings is 1. The first-order valence-corrected chi connectivity index (χ1v) is 6.30. The van der Waals surface area contributed by atoms with Gasteiger partial charge in [-0.3, -0.25) is 4.79 Å². The van der Waals surface area contributed by atoms with Crippen LogP contribution in [0.2, 0.25) is 0 Å². The van der Waals surface area contributed by atoms with Crippen LogP contribution in [0.3, 0.4) is 0 Å². The molecule has 0 aliphatic heterocycles. The highest BCUT2D eigenvalue weighted by Crippen LogP contribution is 2.25. The largest absolute Gasteiger partial charge is 0.493 e. The van der Waals surface area contributed by atoms with Crippen molar-refractivity contribution in [3.05, 3.63) is 35.5 Å². The topological polar surface area (TPSA) is 112 Å². The van der Waals surface area contributed by atoms with Crippen LogP contribution >= 0.6 is 0 Å². The van der Waals surface area contributed by atoms with Crippen molar-refractivity contribution >= 4 is 11.8 Å². The van der Waals surface area contributed by atoms with Crippen molar-refractivity contribution in [3.63, 3.8) is 0 Å². The number of para-hydroxylation sites is 2. The van der Waals surface area contributed by atoms with Crippen molar-refractivity contribution in [2.45, 2.75) is 6.92 Å². The summed E-state index contributed by atoms with van der Waals surface area (Å²) in [7, 11) is 1.48. The van der Waals surface area contributed by atoms with Gasteiger partial charge in [0.15, 0.2) is 24.7 Å². The Hall–Kier alpha value is -3.01. The summed E-state index contributed by atoms with van der Waals surface area (Å²) in [6.07, 6.45) is 0. The van der Waals surface area contributed by atoms with E-state index in [1.54, 1.807) is 30.3 Å². The first-order valence-electron chi connectivity index (χ1n) is 6.30. The van der Waals surface area contributed by atoms with Gasteiger partial charge in [-0.2, -0.15) is 5.26 Å². The summed E-state index contributed by atoms with van der Waals surface area (Å²) >= 11 is 0. The zero-order valence-electron chi connectivity index (χ0n) is 12.3. The number of allylic oxidation sites excluding steroid dienone is 1. The predicted molar refractivity (Wildman–Crippen MR) is 77.0 cm³/mol. The van der Waals surface area contributed by atoms with E-state index in [1.165, 1.54) is 14.0 Å². The van der Waals surface area contributed by atoms with Gasteiger partial charge in [0.1, 0.15) is 11.6 Å². The summed E-state index contributed by atoms with van der Waals surface area (Å²) in [4.78, 5) is 23.1. The number of ether oxygens (including phenoxy) is 3. The molecule has 1 aromatic rings. The average Bonchev–Trinajstić information content (AvgIpc) is 2.51. The van der Waals surface area contributed by atoms with E-state index < -0.39 is 18.4 Å². The third kappa shape index (κ3) is 4.83. The third-order valence-electron chi connectivity index (χ3n) is 2.56. The van der Waals surface area contributed by atoms with Gasteiger partial charge >= 0.3 is 5.97 Å². The zero-order chi connectivity index (χ0) is 16.5. The highest BCUT2D eigenvalue weighted by molar-refractivity contribution is 6.01. The number of carbonyl (C=O) groups excluding carboxylic acids is 2. The fourth-order valence-corrected chi connectivity index (χ4v) is 1.51. The second-order valence-electron chi connectivity index (χ2n) is 4.19. The van der Waals surface area contributed by atoms with E-state index >= 15 is 0 Å². The maximum atomic E-state index is 11.6. The lowest BCUT2D eigenvalue weighted by atomic mass is 10.1. The quantitative estimate of drug-likeness (QED) is 0.453. The van der Waals surface area contributed by atoms with Gasteiger partial charge in [0.05, 0.1) is 7.11 Å². The normalized spacial score (nSPS) is 11.0. The van der Waals surface area contributed by atoms with Gasteiger partial charge in [0.2, 0.25) is 5.78 Å². The molecule has 0 spiro atoms. The molecule has 0 fully saturated rings. The predicted octanol–water partition coefficient (Wildman–Crippen LogP) is 0.943. The van der Waals surface area contributed by atoms with Crippen LogP contribution in [0.15, 0.2) is 35.5 Å². The van der Waals surface area contributed by atoms with Crippen molar-refractivity contribution in [3.8, 4) is 17.6 Å². The Morgan fingerprint density at radius 3 is 2.41 bits per heavy atom. The first kappa shape index (κ1) is 17.0. The maximum absolute atomic E-state index is 11.6. The van der Waals surface area contributed by atoms with E-state index in [0.717, 1.165) is 0 Å². The molecule has 1 aromatic carbocycles. The number of esters is 1. The van der Waals surface area contributed by atoms with Gasteiger partial charge in [0.25, 0.3) is 0 Å². The van der Waals surface area contributed by atoms with Crippen LogP contribution in [0.4, 0.5) is 0 Å². The summed E-state index contributed by atoms with van der Waals surface area (Å²) in [6.45, 7) is 0.468. The fraction of sp³-hybridized carbons (Fsp3) is 0.267. The number of nitrogens with two attached hydrogens (primary N) is 1. The van der Waals surface area contributed by atoms with Crippen LogP contribution in [0.5, 0.6) is 11.5 Å². The molecule has 7 nitrogen and oxygen atoms in total. The van der Waals surface area contributed by atoms with E-state index in [-0.39, 0.29) is 17.9 Å². The minimum atomic E-state index is -0.744. The van der Waals surface area contributed by atoms with Gasteiger partial charge < -0.3 is 19.9 Å². The van der Waals surface area contributed by atoms with E-state index in [4.69, 9.17) is 25.2 Å². The summed E-state index contributed by atoms with van der Waals surface area (Å²) in [6, 6.07) is 8.45. The summed E-state index contributed by atoms with van der Waals surface area (Å²) in [5.41, 5.74) is 5.23. The molecule has 22 heavy (non-hydrogen) atoms. The molecule has 7 heteroatoms. The molecule has 116 valence electrons. The maximum Gasteiger partial charge on any atom is 0.344 e. The Morgan fingerprint density at radius 1 is 1.23 bits per heavy atom.